The number of carbonyl (C=O) groups excluding carboxylic acids is 1. The molecule has 0 aliphatic heterocycles. The molecule has 15 heavy (non-hydrogen) atoms. The molecule has 0 aliphatic carbocycles. The maximum Gasteiger partial charge on any atom is 0.411 e. The van der Waals surface area contributed by atoms with E-state index in [0.29, 0.717) is 6.54 Å². The number of rotatable bonds is 6. The predicted octanol–water partition coefficient (Wildman–Crippen LogP) is 1.65. The molecule has 0 aromatic rings. The number of hydrogen-bond acceptors (Lipinski definition) is 2. The molecule has 0 radical (unpaired) electrons. The van der Waals surface area contributed by atoms with Crippen molar-refractivity contribution in [3.05, 3.63) is 12.2 Å². The summed E-state index contributed by atoms with van der Waals surface area (Å²) in [5.41, 5.74) is 0.777. The molecule has 0 aromatic heterocycles. The van der Waals surface area contributed by atoms with E-state index in [1.807, 2.05) is 0 Å². The van der Waals surface area contributed by atoms with Crippen molar-refractivity contribution in [2.24, 2.45) is 0 Å². The molecule has 6 heteroatoms. The first-order valence-corrected chi connectivity index (χ1v) is 4.37. The highest BCUT2D eigenvalue weighted by atomic mass is 19.4. The second kappa shape index (κ2) is 6.44. The van der Waals surface area contributed by atoms with Crippen LogP contribution in [0.5, 0.6) is 0 Å². The van der Waals surface area contributed by atoms with Gasteiger partial charge in [0, 0.05) is 13.0 Å². The Morgan fingerprint density at radius 1 is 1.47 bits per heavy atom. The summed E-state index contributed by atoms with van der Waals surface area (Å²) >= 11 is 0. The lowest BCUT2D eigenvalue weighted by atomic mass is 10.3. The van der Waals surface area contributed by atoms with Gasteiger partial charge in [-0.2, -0.15) is 13.2 Å². The number of halogens is 3. The van der Waals surface area contributed by atoms with Gasteiger partial charge in [-0.3, -0.25) is 4.79 Å². The summed E-state index contributed by atoms with van der Waals surface area (Å²) in [5, 5.41) is 2.48. The molecule has 0 fully saturated rings. The first kappa shape index (κ1) is 14.0. The number of amides is 1. The molecule has 88 valence electrons. The van der Waals surface area contributed by atoms with Crippen LogP contribution in [0, 0.1) is 0 Å². The minimum Gasteiger partial charge on any atom is -0.372 e. The van der Waals surface area contributed by atoms with E-state index in [1.54, 1.807) is 6.92 Å². The Labute approximate surface area is 86.3 Å². The number of nitrogens with one attached hydrogen (secondary N) is 1. The lowest BCUT2D eigenvalue weighted by Gasteiger charge is -2.07. The van der Waals surface area contributed by atoms with Gasteiger partial charge in [-0.25, -0.2) is 0 Å². The summed E-state index contributed by atoms with van der Waals surface area (Å²) in [7, 11) is 0. The number of hydrogen-bond donors (Lipinski definition) is 1. The van der Waals surface area contributed by atoms with Crippen LogP contribution in [0.1, 0.15) is 13.3 Å². The van der Waals surface area contributed by atoms with E-state index < -0.39 is 12.8 Å². The first-order chi connectivity index (χ1) is 6.81. The van der Waals surface area contributed by atoms with Gasteiger partial charge in [0.2, 0.25) is 5.91 Å². The van der Waals surface area contributed by atoms with Crippen LogP contribution in [0.15, 0.2) is 12.2 Å². The van der Waals surface area contributed by atoms with Crippen LogP contribution in [0.2, 0.25) is 0 Å². The summed E-state index contributed by atoms with van der Waals surface area (Å²) in [4.78, 5) is 11.0. The van der Waals surface area contributed by atoms with E-state index in [1.165, 1.54) is 0 Å². The first-order valence-electron chi connectivity index (χ1n) is 4.37. The van der Waals surface area contributed by atoms with Crippen molar-refractivity contribution >= 4 is 5.91 Å². The van der Waals surface area contributed by atoms with Crippen molar-refractivity contribution in [1.29, 1.82) is 0 Å². The fourth-order valence-electron chi connectivity index (χ4n) is 0.691. The van der Waals surface area contributed by atoms with Crippen LogP contribution < -0.4 is 5.32 Å². The smallest absolute Gasteiger partial charge is 0.372 e. The lowest BCUT2D eigenvalue weighted by molar-refractivity contribution is -0.174. The molecule has 0 atom stereocenters. The third kappa shape index (κ3) is 10.9. The Morgan fingerprint density at radius 2 is 2.07 bits per heavy atom. The standard InChI is InChI=1S/C9H14F3NO2/c1-7(2)5-13-8(14)3-4-15-6-9(10,11)12/h1,3-6H2,2H3,(H,13,14). The van der Waals surface area contributed by atoms with Crippen LogP contribution in [0.4, 0.5) is 13.2 Å². The molecular weight excluding hydrogens is 211 g/mol. The Hall–Kier alpha value is -1.04. The average Bonchev–Trinajstić information content (AvgIpc) is 2.07. The quantitative estimate of drug-likeness (QED) is 0.551. The number of alkyl halides is 3. The topological polar surface area (TPSA) is 38.3 Å². The molecule has 0 bridgehead atoms. The summed E-state index contributed by atoms with van der Waals surface area (Å²) < 4.78 is 39.1. The zero-order chi connectivity index (χ0) is 11.9. The van der Waals surface area contributed by atoms with Crippen molar-refractivity contribution in [3.63, 3.8) is 0 Å². The molecule has 1 amide bonds. The molecule has 0 saturated carbocycles. The highest BCUT2D eigenvalue weighted by Crippen LogP contribution is 2.14. The van der Waals surface area contributed by atoms with E-state index >= 15 is 0 Å². The van der Waals surface area contributed by atoms with Gasteiger partial charge in [0.15, 0.2) is 0 Å². The Balaban J connectivity index is 3.44. The molecule has 0 unspecified atom stereocenters. The summed E-state index contributed by atoms with van der Waals surface area (Å²) in [5.74, 6) is -0.347. The van der Waals surface area contributed by atoms with Gasteiger partial charge < -0.3 is 10.1 Å². The van der Waals surface area contributed by atoms with Gasteiger partial charge >= 0.3 is 6.18 Å². The molecule has 0 aliphatic rings. The van der Waals surface area contributed by atoms with E-state index in [9.17, 15) is 18.0 Å². The van der Waals surface area contributed by atoms with Gasteiger partial charge in [-0.1, -0.05) is 12.2 Å². The molecule has 0 spiro atoms. The normalized spacial score (nSPS) is 11.2. The highest BCUT2D eigenvalue weighted by molar-refractivity contribution is 5.76. The fraction of sp³-hybridized carbons (Fsp3) is 0.667. The van der Waals surface area contributed by atoms with Crippen LogP contribution in [-0.2, 0) is 9.53 Å². The van der Waals surface area contributed by atoms with Crippen molar-refractivity contribution in [3.8, 4) is 0 Å². The summed E-state index contributed by atoms with van der Waals surface area (Å²) in [6.07, 6.45) is -4.42. The molecular formula is C9H14F3NO2. The Morgan fingerprint density at radius 3 is 2.53 bits per heavy atom. The maximum atomic E-state index is 11.6. The third-order valence-corrected chi connectivity index (χ3v) is 1.33. The Kier molecular flexibility index (Phi) is 6.00. The van der Waals surface area contributed by atoms with E-state index in [4.69, 9.17) is 0 Å². The predicted molar refractivity (Wildman–Crippen MR) is 49.3 cm³/mol. The minimum atomic E-state index is -4.34. The molecule has 1 N–H and O–H groups in total. The van der Waals surface area contributed by atoms with E-state index in [0.717, 1.165) is 5.57 Å². The van der Waals surface area contributed by atoms with Crippen LogP contribution in [-0.4, -0.2) is 31.8 Å². The molecule has 0 saturated heterocycles. The largest absolute Gasteiger partial charge is 0.411 e. The van der Waals surface area contributed by atoms with E-state index in [2.05, 4.69) is 16.6 Å². The van der Waals surface area contributed by atoms with E-state index in [-0.39, 0.29) is 18.9 Å². The second-order valence-corrected chi connectivity index (χ2v) is 3.15. The minimum absolute atomic E-state index is 0.0800. The SMILES string of the molecule is C=C(C)CNC(=O)CCOCC(F)(F)F. The summed E-state index contributed by atoms with van der Waals surface area (Å²) in [6, 6.07) is 0. The maximum absolute atomic E-state index is 11.6. The van der Waals surface area contributed by atoms with Gasteiger partial charge in [0.25, 0.3) is 0 Å². The zero-order valence-electron chi connectivity index (χ0n) is 8.49. The molecule has 0 aromatic carbocycles. The average molecular weight is 225 g/mol. The molecule has 0 heterocycles. The summed E-state index contributed by atoms with van der Waals surface area (Å²) in [6.45, 7) is 4.08. The monoisotopic (exact) mass is 225 g/mol. The number of ether oxygens (including phenoxy) is 1. The lowest BCUT2D eigenvalue weighted by Crippen LogP contribution is -2.26. The molecule has 0 rings (SSSR count). The van der Waals surface area contributed by atoms with Crippen LogP contribution in [0.3, 0.4) is 0 Å². The van der Waals surface area contributed by atoms with Crippen LogP contribution >= 0.6 is 0 Å². The second-order valence-electron chi connectivity index (χ2n) is 3.15. The van der Waals surface area contributed by atoms with Gasteiger partial charge in [0.05, 0.1) is 6.61 Å². The van der Waals surface area contributed by atoms with Crippen molar-refractivity contribution < 1.29 is 22.7 Å². The van der Waals surface area contributed by atoms with Gasteiger partial charge in [-0.05, 0) is 6.92 Å². The van der Waals surface area contributed by atoms with Crippen molar-refractivity contribution in [2.75, 3.05) is 19.8 Å². The van der Waals surface area contributed by atoms with Gasteiger partial charge in [-0.15, -0.1) is 0 Å². The fourth-order valence-corrected chi connectivity index (χ4v) is 0.691. The number of carbonyl (C=O) groups is 1. The molecule has 3 nitrogen and oxygen atoms in total. The van der Waals surface area contributed by atoms with Crippen LogP contribution in [0.25, 0.3) is 0 Å². The Bertz CT molecular complexity index is 226. The van der Waals surface area contributed by atoms with Gasteiger partial charge in [0.1, 0.15) is 6.61 Å². The zero-order valence-corrected chi connectivity index (χ0v) is 8.49. The highest BCUT2D eigenvalue weighted by Gasteiger charge is 2.27. The van der Waals surface area contributed by atoms with Crippen molar-refractivity contribution in [2.45, 2.75) is 19.5 Å². The van der Waals surface area contributed by atoms with Crippen molar-refractivity contribution in [1.82, 2.24) is 5.32 Å². The third-order valence-electron chi connectivity index (χ3n) is 1.33.